The number of allylic oxidation sites excluding steroid dienone is 2. The predicted octanol–water partition coefficient (Wildman–Crippen LogP) is 6.21. The van der Waals surface area contributed by atoms with E-state index in [-0.39, 0.29) is 29.4 Å². The largest absolute Gasteiger partial charge is 0.494 e. The van der Waals surface area contributed by atoms with Gasteiger partial charge in [0, 0.05) is 40.6 Å². The van der Waals surface area contributed by atoms with E-state index < -0.39 is 0 Å². The zero-order chi connectivity index (χ0) is 22.3. The second-order valence-corrected chi connectivity index (χ2v) is 9.63. The number of hydrogen-bond acceptors (Lipinski definition) is 3. The van der Waals surface area contributed by atoms with Crippen molar-refractivity contribution in [3.63, 3.8) is 0 Å². The number of benzene rings is 2. The SMILES string of the molecule is CCOc1ccccc1C1CC(=O)N(c2cc(Cl)ccc2C)C2=C1C(=O)CC(C)(C)C2. The molecule has 0 spiro atoms. The first-order valence-corrected chi connectivity index (χ1v) is 11.2. The number of hydrogen-bond donors (Lipinski definition) is 0. The molecule has 0 saturated heterocycles. The fourth-order valence-corrected chi connectivity index (χ4v) is 5.01. The smallest absolute Gasteiger partial charge is 0.232 e. The second kappa shape index (κ2) is 8.16. The summed E-state index contributed by atoms with van der Waals surface area (Å²) >= 11 is 6.29. The van der Waals surface area contributed by atoms with Crippen molar-refractivity contribution < 1.29 is 14.3 Å². The van der Waals surface area contributed by atoms with Crippen LogP contribution in [0, 0.1) is 12.3 Å². The van der Waals surface area contributed by atoms with Crippen LogP contribution in [0.25, 0.3) is 0 Å². The third-order valence-corrected chi connectivity index (χ3v) is 6.38. The van der Waals surface area contributed by atoms with Gasteiger partial charge in [-0.1, -0.05) is 49.7 Å². The lowest BCUT2D eigenvalue weighted by Crippen LogP contribution is -2.44. The highest BCUT2D eigenvalue weighted by Gasteiger charge is 2.45. The number of carbonyl (C=O) groups excluding carboxylic acids is 2. The molecule has 5 heteroatoms. The molecule has 0 bridgehead atoms. The normalized spacial score (nSPS) is 20.7. The van der Waals surface area contributed by atoms with Crippen molar-refractivity contribution in [2.24, 2.45) is 5.41 Å². The van der Waals surface area contributed by atoms with Crippen LogP contribution in [-0.2, 0) is 9.59 Å². The van der Waals surface area contributed by atoms with E-state index in [1.807, 2.05) is 56.3 Å². The van der Waals surface area contributed by atoms with Gasteiger partial charge in [0.2, 0.25) is 5.91 Å². The lowest BCUT2D eigenvalue weighted by Gasteiger charge is -2.43. The van der Waals surface area contributed by atoms with Crippen LogP contribution in [-0.4, -0.2) is 18.3 Å². The van der Waals surface area contributed by atoms with Crippen LogP contribution in [0.5, 0.6) is 5.75 Å². The maximum Gasteiger partial charge on any atom is 0.232 e. The minimum absolute atomic E-state index is 0.0223. The standard InChI is InChI=1S/C26H28ClNO3/c1-5-31-23-9-7-6-8-18(23)19-13-24(30)28(20-12-17(27)11-10-16(20)2)21-14-26(3,4)15-22(29)25(19)21/h6-12,19H,5,13-15H2,1-4H3. The van der Waals surface area contributed by atoms with E-state index >= 15 is 0 Å². The monoisotopic (exact) mass is 437 g/mol. The number of halogens is 1. The molecule has 0 radical (unpaired) electrons. The number of anilines is 1. The molecule has 0 N–H and O–H groups in total. The molecule has 0 aromatic heterocycles. The molecule has 0 fully saturated rings. The number of rotatable bonds is 4. The molecule has 4 nitrogen and oxygen atoms in total. The van der Waals surface area contributed by atoms with Gasteiger partial charge in [-0.2, -0.15) is 0 Å². The second-order valence-electron chi connectivity index (χ2n) is 9.19. The Bertz CT molecular complexity index is 1090. The van der Waals surface area contributed by atoms with E-state index in [0.717, 1.165) is 33.8 Å². The number of amides is 1. The summed E-state index contributed by atoms with van der Waals surface area (Å²) < 4.78 is 5.85. The molecule has 1 aliphatic heterocycles. The van der Waals surface area contributed by atoms with Crippen molar-refractivity contribution in [1.82, 2.24) is 0 Å². The summed E-state index contributed by atoms with van der Waals surface area (Å²) in [5.74, 6) is 0.523. The average Bonchev–Trinajstić information content (AvgIpc) is 2.69. The van der Waals surface area contributed by atoms with E-state index in [1.165, 1.54) is 0 Å². The van der Waals surface area contributed by atoms with Crippen LogP contribution in [0.1, 0.15) is 57.1 Å². The van der Waals surface area contributed by atoms with Crippen molar-refractivity contribution >= 4 is 29.0 Å². The van der Waals surface area contributed by atoms with Gasteiger partial charge in [-0.25, -0.2) is 0 Å². The fourth-order valence-electron chi connectivity index (χ4n) is 4.84. The number of ketones is 1. The third kappa shape index (κ3) is 4.01. The molecule has 162 valence electrons. The number of Topliss-reactive ketones (excluding diaryl/α,β-unsaturated/α-hetero) is 1. The molecule has 1 atom stereocenters. The molecular formula is C26H28ClNO3. The number of aryl methyl sites for hydroxylation is 1. The minimum atomic E-state index is -0.301. The van der Waals surface area contributed by atoms with Gasteiger partial charge in [0.25, 0.3) is 0 Å². The van der Waals surface area contributed by atoms with Crippen molar-refractivity contribution in [2.45, 2.75) is 52.9 Å². The third-order valence-electron chi connectivity index (χ3n) is 6.15. The number of ether oxygens (including phenoxy) is 1. The summed E-state index contributed by atoms with van der Waals surface area (Å²) in [5.41, 5.74) is 3.94. The van der Waals surface area contributed by atoms with Gasteiger partial charge < -0.3 is 4.74 Å². The number of carbonyl (C=O) groups is 2. The molecule has 4 rings (SSSR count). The molecule has 2 aromatic rings. The topological polar surface area (TPSA) is 46.6 Å². The van der Waals surface area contributed by atoms with Crippen molar-refractivity contribution in [3.05, 3.63) is 69.9 Å². The van der Waals surface area contributed by atoms with Gasteiger partial charge in [-0.05, 0) is 49.4 Å². The Labute approximate surface area is 188 Å². The van der Waals surface area contributed by atoms with Gasteiger partial charge in [-0.15, -0.1) is 0 Å². The minimum Gasteiger partial charge on any atom is -0.494 e. The lowest BCUT2D eigenvalue weighted by molar-refractivity contribution is -0.121. The first-order valence-electron chi connectivity index (χ1n) is 10.8. The molecule has 31 heavy (non-hydrogen) atoms. The van der Waals surface area contributed by atoms with Crippen LogP contribution in [0.3, 0.4) is 0 Å². The number of nitrogens with zero attached hydrogens (tertiary/aromatic N) is 1. The maximum absolute atomic E-state index is 13.6. The summed E-state index contributed by atoms with van der Waals surface area (Å²) in [5, 5.41) is 0.570. The summed E-state index contributed by atoms with van der Waals surface area (Å²) in [4.78, 5) is 28.8. The summed E-state index contributed by atoms with van der Waals surface area (Å²) in [6.45, 7) is 8.59. The molecule has 2 aromatic carbocycles. The fraction of sp³-hybridized carbons (Fsp3) is 0.385. The van der Waals surface area contributed by atoms with Gasteiger partial charge in [0.15, 0.2) is 5.78 Å². The van der Waals surface area contributed by atoms with Gasteiger partial charge in [0.05, 0.1) is 12.3 Å². The van der Waals surface area contributed by atoms with E-state index in [9.17, 15) is 9.59 Å². The Morgan fingerprint density at radius 1 is 1.13 bits per heavy atom. The molecule has 1 aliphatic carbocycles. The van der Waals surface area contributed by atoms with Crippen molar-refractivity contribution in [1.29, 1.82) is 0 Å². The van der Waals surface area contributed by atoms with Crippen molar-refractivity contribution in [2.75, 3.05) is 11.5 Å². The van der Waals surface area contributed by atoms with Crippen molar-refractivity contribution in [3.8, 4) is 5.75 Å². The highest BCUT2D eigenvalue weighted by Crippen LogP contribution is 2.50. The van der Waals surface area contributed by atoms with Gasteiger partial charge >= 0.3 is 0 Å². The Kier molecular flexibility index (Phi) is 5.69. The maximum atomic E-state index is 13.6. The Morgan fingerprint density at radius 2 is 1.87 bits per heavy atom. The van der Waals surface area contributed by atoms with Crippen LogP contribution >= 0.6 is 11.6 Å². The zero-order valence-electron chi connectivity index (χ0n) is 18.5. The lowest BCUT2D eigenvalue weighted by atomic mass is 9.69. The number of para-hydroxylation sites is 1. The quantitative estimate of drug-likeness (QED) is 0.571. The molecule has 1 unspecified atom stereocenters. The highest BCUT2D eigenvalue weighted by molar-refractivity contribution is 6.31. The van der Waals surface area contributed by atoms with Crippen LogP contribution < -0.4 is 9.64 Å². The average molecular weight is 438 g/mol. The Morgan fingerprint density at radius 3 is 2.61 bits per heavy atom. The Balaban J connectivity index is 1.94. The molecule has 0 saturated carbocycles. The predicted molar refractivity (Wildman–Crippen MR) is 124 cm³/mol. The van der Waals surface area contributed by atoms with Crippen LogP contribution in [0.4, 0.5) is 5.69 Å². The molecular weight excluding hydrogens is 410 g/mol. The summed E-state index contributed by atoms with van der Waals surface area (Å²) in [6, 6.07) is 13.3. The first kappa shape index (κ1) is 21.6. The highest BCUT2D eigenvalue weighted by atomic mass is 35.5. The van der Waals surface area contributed by atoms with Crippen LogP contribution in [0.15, 0.2) is 53.7 Å². The van der Waals surface area contributed by atoms with E-state index in [0.29, 0.717) is 24.5 Å². The summed E-state index contributed by atoms with van der Waals surface area (Å²) in [6.07, 6.45) is 1.34. The molecule has 1 amide bonds. The van der Waals surface area contributed by atoms with Gasteiger partial charge in [0.1, 0.15) is 5.75 Å². The molecule has 1 heterocycles. The zero-order valence-corrected chi connectivity index (χ0v) is 19.3. The molecule has 2 aliphatic rings. The van der Waals surface area contributed by atoms with Gasteiger partial charge in [-0.3, -0.25) is 14.5 Å². The summed E-state index contributed by atoms with van der Waals surface area (Å²) in [7, 11) is 0. The van der Waals surface area contributed by atoms with Crippen LogP contribution in [0.2, 0.25) is 5.02 Å². The first-order chi connectivity index (χ1) is 14.7. The van der Waals surface area contributed by atoms with E-state index in [2.05, 4.69) is 13.8 Å². The Hall–Kier alpha value is -2.59. The van der Waals surface area contributed by atoms with E-state index in [4.69, 9.17) is 16.3 Å². The van der Waals surface area contributed by atoms with E-state index in [1.54, 1.807) is 4.90 Å².